The number of hydrogen-bond acceptors (Lipinski definition) is 5. The van der Waals surface area contributed by atoms with Crippen LogP contribution in [0.3, 0.4) is 0 Å². The number of anilines is 1. The Morgan fingerprint density at radius 1 is 1.63 bits per heavy atom. The Labute approximate surface area is 116 Å². The molecule has 2 atom stereocenters. The van der Waals surface area contributed by atoms with Crippen molar-refractivity contribution < 1.29 is 14.3 Å². The van der Waals surface area contributed by atoms with Gasteiger partial charge in [-0.25, -0.2) is 4.98 Å². The molecule has 2 heterocycles. The maximum Gasteiger partial charge on any atom is 0.234 e. The lowest BCUT2D eigenvalue weighted by atomic mass is 9.99. The second-order valence-corrected chi connectivity index (χ2v) is 4.65. The molecule has 0 aliphatic carbocycles. The molecule has 0 saturated carbocycles. The van der Waals surface area contributed by atoms with Gasteiger partial charge in [0.2, 0.25) is 17.7 Å². The highest BCUT2D eigenvalue weighted by Crippen LogP contribution is 2.25. The van der Waals surface area contributed by atoms with E-state index in [4.69, 9.17) is 21.1 Å². The van der Waals surface area contributed by atoms with E-state index in [0.29, 0.717) is 18.9 Å². The summed E-state index contributed by atoms with van der Waals surface area (Å²) in [6.45, 7) is 2.60. The number of rotatable bonds is 4. The first-order valence-electron chi connectivity index (χ1n) is 6.15. The summed E-state index contributed by atoms with van der Waals surface area (Å²) in [4.78, 5) is 20.1. The van der Waals surface area contributed by atoms with Gasteiger partial charge in [0.05, 0.1) is 19.1 Å². The molecular weight excluding hydrogens is 270 g/mol. The zero-order chi connectivity index (χ0) is 13.8. The second kappa shape index (κ2) is 6.16. The van der Waals surface area contributed by atoms with Gasteiger partial charge in [0, 0.05) is 12.7 Å². The van der Waals surface area contributed by atoms with Crippen molar-refractivity contribution in [2.75, 3.05) is 19.0 Å². The lowest BCUT2D eigenvalue weighted by Crippen LogP contribution is -2.29. The zero-order valence-corrected chi connectivity index (χ0v) is 11.6. The predicted octanol–water partition coefficient (Wildman–Crippen LogP) is 1.89. The van der Waals surface area contributed by atoms with Crippen molar-refractivity contribution in [2.45, 2.75) is 25.9 Å². The van der Waals surface area contributed by atoms with Gasteiger partial charge in [-0.3, -0.25) is 10.1 Å². The SMILES string of the molecule is CCC1OCCC1C(=O)Nc1nc(Cl)cc(OC)n1. The molecule has 0 aromatic carbocycles. The molecule has 1 aliphatic heterocycles. The number of ether oxygens (including phenoxy) is 2. The van der Waals surface area contributed by atoms with Crippen molar-refractivity contribution in [3.63, 3.8) is 0 Å². The van der Waals surface area contributed by atoms with Gasteiger partial charge in [-0.2, -0.15) is 4.98 Å². The van der Waals surface area contributed by atoms with E-state index in [1.807, 2.05) is 6.92 Å². The normalized spacial score (nSPS) is 22.3. The standard InChI is InChI=1S/C12H16ClN3O3/c1-3-8-7(4-5-19-8)11(17)16-12-14-9(13)6-10(15-12)18-2/h6-8H,3-5H2,1-2H3,(H,14,15,16,17). The molecule has 2 unspecified atom stereocenters. The molecule has 1 fully saturated rings. The summed E-state index contributed by atoms with van der Waals surface area (Å²) in [5, 5.41) is 2.88. The number of nitrogens with one attached hydrogen (secondary N) is 1. The van der Waals surface area contributed by atoms with Gasteiger partial charge in [-0.05, 0) is 12.8 Å². The van der Waals surface area contributed by atoms with Gasteiger partial charge < -0.3 is 9.47 Å². The van der Waals surface area contributed by atoms with Crippen LogP contribution in [0.5, 0.6) is 5.88 Å². The van der Waals surface area contributed by atoms with E-state index in [9.17, 15) is 4.79 Å². The number of carbonyl (C=O) groups is 1. The summed E-state index contributed by atoms with van der Waals surface area (Å²) in [5.74, 6) is 0.147. The average Bonchev–Trinajstić information content (AvgIpc) is 2.86. The minimum absolute atomic E-state index is 0.0407. The van der Waals surface area contributed by atoms with Crippen molar-refractivity contribution in [3.8, 4) is 5.88 Å². The molecular formula is C12H16ClN3O3. The topological polar surface area (TPSA) is 73.3 Å². The van der Waals surface area contributed by atoms with Crippen LogP contribution < -0.4 is 10.1 Å². The van der Waals surface area contributed by atoms with E-state index in [1.54, 1.807) is 0 Å². The van der Waals surface area contributed by atoms with Gasteiger partial charge in [0.1, 0.15) is 5.15 Å². The van der Waals surface area contributed by atoms with Crippen LogP contribution in [0, 0.1) is 5.92 Å². The quantitative estimate of drug-likeness (QED) is 0.855. The van der Waals surface area contributed by atoms with Crippen LogP contribution in [0.4, 0.5) is 5.95 Å². The van der Waals surface area contributed by atoms with Crippen LogP contribution in [-0.4, -0.2) is 35.7 Å². The van der Waals surface area contributed by atoms with Gasteiger partial charge >= 0.3 is 0 Å². The highest BCUT2D eigenvalue weighted by molar-refractivity contribution is 6.29. The zero-order valence-electron chi connectivity index (χ0n) is 10.9. The number of hydrogen-bond donors (Lipinski definition) is 1. The van der Waals surface area contributed by atoms with Crippen molar-refractivity contribution in [1.29, 1.82) is 0 Å². The van der Waals surface area contributed by atoms with E-state index < -0.39 is 0 Å². The van der Waals surface area contributed by atoms with E-state index in [2.05, 4.69) is 15.3 Å². The van der Waals surface area contributed by atoms with Crippen LogP contribution in [-0.2, 0) is 9.53 Å². The monoisotopic (exact) mass is 285 g/mol. The third-order valence-corrected chi connectivity index (χ3v) is 3.26. The summed E-state index contributed by atoms with van der Waals surface area (Å²) in [7, 11) is 1.47. The Hall–Kier alpha value is -1.40. The molecule has 6 nitrogen and oxygen atoms in total. The summed E-state index contributed by atoms with van der Waals surface area (Å²) >= 11 is 5.82. The van der Waals surface area contributed by atoms with Gasteiger partial charge in [0.15, 0.2) is 0 Å². The first-order chi connectivity index (χ1) is 9.13. The van der Waals surface area contributed by atoms with Gasteiger partial charge in [-0.1, -0.05) is 18.5 Å². The van der Waals surface area contributed by atoms with Crippen LogP contribution >= 0.6 is 11.6 Å². The Kier molecular flexibility index (Phi) is 4.55. The van der Waals surface area contributed by atoms with E-state index in [0.717, 1.165) is 6.42 Å². The molecule has 7 heteroatoms. The summed E-state index contributed by atoms with van der Waals surface area (Å²) in [6.07, 6.45) is 1.47. The fraction of sp³-hybridized carbons (Fsp3) is 0.583. The molecule has 1 aliphatic rings. The summed E-state index contributed by atoms with van der Waals surface area (Å²) in [6, 6.07) is 1.48. The predicted molar refractivity (Wildman–Crippen MR) is 70.4 cm³/mol. The van der Waals surface area contributed by atoms with Crippen molar-refractivity contribution >= 4 is 23.5 Å². The molecule has 1 aromatic heterocycles. The minimum atomic E-state index is -0.168. The van der Waals surface area contributed by atoms with Crippen molar-refractivity contribution in [3.05, 3.63) is 11.2 Å². The van der Waals surface area contributed by atoms with Crippen molar-refractivity contribution in [2.24, 2.45) is 5.92 Å². The highest BCUT2D eigenvalue weighted by Gasteiger charge is 2.33. The number of carbonyl (C=O) groups excluding carboxylic acids is 1. The van der Waals surface area contributed by atoms with Crippen LogP contribution in [0.2, 0.25) is 5.15 Å². The minimum Gasteiger partial charge on any atom is -0.481 e. The molecule has 0 bridgehead atoms. The Morgan fingerprint density at radius 3 is 3.11 bits per heavy atom. The molecule has 1 amide bonds. The molecule has 1 saturated heterocycles. The van der Waals surface area contributed by atoms with E-state index in [-0.39, 0.29) is 29.0 Å². The Balaban J connectivity index is 2.08. The Bertz CT molecular complexity index is 470. The highest BCUT2D eigenvalue weighted by atomic mass is 35.5. The van der Waals surface area contributed by atoms with Crippen LogP contribution in [0.1, 0.15) is 19.8 Å². The first kappa shape index (κ1) is 14.0. The molecule has 0 spiro atoms. The third kappa shape index (κ3) is 3.33. The largest absolute Gasteiger partial charge is 0.481 e. The number of nitrogens with zero attached hydrogens (tertiary/aromatic N) is 2. The van der Waals surface area contributed by atoms with Gasteiger partial charge in [0.25, 0.3) is 0 Å². The number of aromatic nitrogens is 2. The molecule has 104 valence electrons. The maximum absolute atomic E-state index is 12.1. The molecule has 19 heavy (non-hydrogen) atoms. The molecule has 1 N–H and O–H groups in total. The number of halogens is 1. The molecule has 1 aromatic rings. The molecule has 0 radical (unpaired) electrons. The van der Waals surface area contributed by atoms with E-state index >= 15 is 0 Å². The summed E-state index contributed by atoms with van der Waals surface area (Å²) < 4.78 is 10.5. The molecule has 2 rings (SSSR count). The Morgan fingerprint density at radius 2 is 2.42 bits per heavy atom. The fourth-order valence-corrected chi connectivity index (χ4v) is 2.28. The second-order valence-electron chi connectivity index (χ2n) is 4.26. The first-order valence-corrected chi connectivity index (χ1v) is 6.53. The maximum atomic E-state index is 12.1. The number of methoxy groups -OCH3 is 1. The lowest BCUT2D eigenvalue weighted by Gasteiger charge is -2.15. The van der Waals surface area contributed by atoms with Crippen LogP contribution in [0.15, 0.2) is 6.07 Å². The smallest absolute Gasteiger partial charge is 0.234 e. The van der Waals surface area contributed by atoms with Gasteiger partial charge in [-0.15, -0.1) is 0 Å². The fourth-order valence-electron chi connectivity index (χ4n) is 2.11. The van der Waals surface area contributed by atoms with E-state index in [1.165, 1.54) is 13.2 Å². The van der Waals surface area contributed by atoms with Crippen molar-refractivity contribution in [1.82, 2.24) is 9.97 Å². The average molecular weight is 286 g/mol. The lowest BCUT2D eigenvalue weighted by molar-refractivity contribution is -0.121. The summed E-state index contributed by atoms with van der Waals surface area (Å²) in [5.41, 5.74) is 0. The third-order valence-electron chi connectivity index (χ3n) is 3.06. The van der Waals surface area contributed by atoms with Crippen LogP contribution in [0.25, 0.3) is 0 Å². The number of amides is 1.